The van der Waals surface area contributed by atoms with Crippen LogP contribution < -0.4 is 5.32 Å². The van der Waals surface area contributed by atoms with Crippen LogP contribution in [0.25, 0.3) is 0 Å². The Kier molecular flexibility index (Phi) is 5.03. The topological polar surface area (TPSA) is 12.0 Å². The van der Waals surface area contributed by atoms with Gasteiger partial charge in [-0.25, -0.2) is 4.39 Å². The van der Waals surface area contributed by atoms with Crippen LogP contribution >= 0.6 is 23.2 Å². The van der Waals surface area contributed by atoms with Gasteiger partial charge in [0.1, 0.15) is 5.82 Å². The van der Waals surface area contributed by atoms with Gasteiger partial charge in [0, 0.05) is 12.6 Å². The van der Waals surface area contributed by atoms with E-state index in [4.69, 9.17) is 23.2 Å². The van der Waals surface area contributed by atoms with Gasteiger partial charge in [-0.3, -0.25) is 0 Å². The van der Waals surface area contributed by atoms with Crippen molar-refractivity contribution in [3.63, 3.8) is 0 Å². The predicted molar refractivity (Wildman–Crippen MR) is 82.9 cm³/mol. The van der Waals surface area contributed by atoms with E-state index in [9.17, 15) is 4.39 Å². The van der Waals surface area contributed by atoms with E-state index in [-0.39, 0.29) is 11.9 Å². The Hall–Kier alpha value is -1.09. The van der Waals surface area contributed by atoms with Gasteiger partial charge in [-0.05, 0) is 54.8 Å². The first kappa shape index (κ1) is 15.3. The molecule has 1 atom stereocenters. The van der Waals surface area contributed by atoms with E-state index in [0.29, 0.717) is 16.6 Å². The largest absolute Gasteiger partial charge is 0.306 e. The lowest BCUT2D eigenvalue weighted by Crippen LogP contribution is -2.18. The van der Waals surface area contributed by atoms with Crippen molar-refractivity contribution in [3.05, 3.63) is 69.0 Å². The maximum atomic E-state index is 13.2. The van der Waals surface area contributed by atoms with Crippen LogP contribution in [0, 0.1) is 12.7 Å². The molecule has 0 aliphatic rings. The van der Waals surface area contributed by atoms with E-state index >= 15 is 0 Å². The quantitative estimate of drug-likeness (QED) is 0.808. The monoisotopic (exact) mass is 311 g/mol. The molecule has 1 nitrogen and oxygen atoms in total. The molecule has 0 radical (unpaired) electrons. The van der Waals surface area contributed by atoms with Crippen molar-refractivity contribution in [3.8, 4) is 0 Å². The Morgan fingerprint density at radius 3 is 2.55 bits per heavy atom. The lowest BCUT2D eigenvalue weighted by atomic mass is 10.1. The molecule has 0 heterocycles. The summed E-state index contributed by atoms with van der Waals surface area (Å²) in [5.41, 5.74) is 3.07. The summed E-state index contributed by atoms with van der Waals surface area (Å²) >= 11 is 11.9. The van der Waals surface area contributed by atoms with Gasteiger partial charge in [-0.1, -0.05) is 35.3 Å². The van der Waals surface area contributed by atoms with Crippen molar-refractivity contribution in [1.82, 2.24) is 5.32 Å². The van der Waals surface area contributed by atoms with Crippen molar-refractivity contribution in [2.24, 2.45) is 0 Å². The van der Waals surface area contributed by atoms with Crippen LogP contribution in [0.2, 0.25) is 10.0 Å². The zero-order valence-electron chi connectivity index (χ0n) is 11.4. The number of hydrogen-bond acceptors (Lipinski definition) is 1. The van der Waals surface area contributed by atoms with Crippen LogP contribution in [-0.4, -0.2) is 0 Å². The maximum absolute atomic E-state index is 13.2. The Morgan fingerprint density at radius 2 is 1.85 bits per heavy atom. The molecule has 0 saturated carbocycles. The summed E-state index contributed by atoms with van der Waals surface area (Å²) in [5, 5.41) is 4.45. The third kappa shape index (κ3) is 3.72. The van der Waals surface area contributed by atoms with Gasteiger partial charge in [-0.2, -0.15) is 0 Å². The molecule has 2 rings (SSSR count). The van der Waals surface area contributed by atoms with E-state index in [2.05, 4.69) is 5.32 Å². The molecule has 20 heavy (non-hydrogen) atoms. The summed E-state index contributed by atoms with van der Waals surface area (Å²) in [4.78, 5) is 0. The first-order valence-corrected chi connectivity index (χ1v) is 7.16. The van der Waals surface area contributed by atoms with Crippen molar-refractivity contribution < 1.29 is 4.39 Å². The zero-order chi connectivity index (χ0) is 14.7. The number of nitrogens with one attached hydrogen (secondary N) is 1. The smallest absolute Gasteiger partial charge is 0.123 e. The SMILES string of the molecule is Cc1ccc(F)cc1CNC(C)c1ccc(Cl)c(Cl)c1. The number of benzene rings is 2. The second-order valence-corrected chi connectivity index (χ2v) is 5.66. The van der Waals surface area contributed by atoms with E-state index in [1.165, 1.54) is 6.07 Å². The van der Waals surface area contributed by atoms with Gasteiger partial charge < -0.3 is 5.32 Å². The highest BCUT2D eigenvalue weighted by molar-refractivity contribution is 6.42. The molecular weight excluding hydrogens is 296 g/mol. The lowest BCUT2D eigenvalue weighted by molar-refractivity contribution is 0.568. The minimum absolute atomic E-state index is 0.104. The molecule has 0 bridgehead atoms. The second kappa shape index (κ2) is 6.57. The molecule has 106 valence electrons. The highest BCUT2D eigenvalue weighted by Gasteiger charge is 2.08. The van der Waals surface area contributed by atoms with Gasteiger partial charge in [0.2, 0.25) is 0 Å². The molecule has 1 unspecified atom stereocenters. The Bertz CT molecular complexity index is 613. The Labute approximate surface area is 128 Å². The van der Waals surface area contributed by atoms with Crippen LogP contribution in [0.4, 0.5) is 4.39 Å². The summed E-state index contributed by atoms with van der Waals surface area (Å²) in [6, 6.07) is 10.5. The molecule has 1 N–H and O–H groups in total. The number of halogens is 3. The molecule has 0 aliphatic heterocycles. The zero-order valence-corrected chi connectivity index (χ0v) is 12.9. The van der Waals surface area contributed by atoms with E-state index < -0.39 is 0 Å². The minimum Gasteiger partial charge on any atom is -0.306 e. The fourth-order valence-corrected chi connectivity index (χ4v) is 2.30. The third-order valence-corrected chi connectivity index (χ3v) is 4.09. The summed E-state index contributed by atoms with van der Waals surface area (Å²) in [5.74, 6) is -0.213. The molecule has 0 amide bonds. The molecule has 0 aliphatic carbocycles. The van der Waals surface area contributed by atoms with Crippen molar-refractivity contribution in [2.75, 3.05) is 0 Å². The number of aryl methyl sites for hydroxylation is 1. The molecule has 0 aromatic heterocycles. The van der Waals surface area contributed by atoms with Gasteiger partial charge in [0.25, 0.3) is 0 Å². The van der Waals surface area contributed by atoms with Crippen molar-refractivity contribution in [2.45, 2.75) is 26.4 Å². The predicted octanol–water partition coefficient (Wildman–Crippen LogP) is 5.29. The minimum atomic E-state index is -0.213. The summed E-state index contributed by atoms with van der Waals surface area (Å²) in [6.07, 6.45) is 0. The summed E-state index contributed by atoms with van der Waals surface area (Å²) < 4.78 is 13.2. The van der Waals surface area contributed by atoms with Crippen molar-refractivity contribution in [1.29, 1.82) is 0 Å². The highest BCUT2D eigenvalue weighted by Crippen LogP contribution is 2.25. The Balaban J connectivity index is 2.06. The number of hydrogen-bond donors (Lipinski definition) is 1. The highest BCUT2D eigenvalue weighted by atomic mass is 35.5. The van der Waals surface area contributed by atoms with Crippen LogP contribution in [0.15, 0.2) is 36.4 Å². The van der Waals surface area contributed by atoms with E-state index in [1.807, 2.05) is 26.0 Å². The van der Waals surface area contributed by atoms with Gasteiger partial charge in [0.15, 0.2) is 0 Å². The molecule has 4 heteroatoms. The fraction of sp³-hybridized carbons (Fsp3) is 0.250. The average molecular weight is 312 g/mol. The average Bonchev–Trinajstić information content (AvgIpc) is 2.42. The van der Waals surface area contributed by atoms with E-state index in [1.54, 1.807) is 18.2 Å². The van der Waals surface area contributed by atoms with Crippen LogP contribution in [-0.2, 0) is 6.54 Å². The van der Waals surface area contributed by atoms with Crippen LogP contribution in [0.1, 0.15) is 29.7 Å². The molecule has 0 saturated heterocycles. The molecule has 2 aromatic carbocycles. The molecule has 0 spiro atoms. The van der Waals surface area contributed by atoms with Gasteiger partial charge >= 0.3 is 0 Å². The van der Waals surface area contributed by atoms with E-state index in [0.717, 1.165) is 16.7 Å². The maximum Gasteiger partial charge on any atom is 0.123 e. The Morgan fingerprint density at radius 1 is 1.10 bits per heavy atom. The summed E-state index contributed by atoms with van der Waals surface area (Å²) in [6.45, 7) is 4.61. The standard InChI is InChI=1S/C16H16Cl2FN/c1-10-3-5-14(19)7-13(10)9-20-11(2)12-4-6-15(17)16(18)8-12/h3-8,11,20H,9H2,1-2H3. The first-order chi connectivity index (χ1) is 9.47. The van der Waals surface area contributed by atoms with Crippen LogP contribution in [0.5, 0.6) is 0 Å². The molecular formula is C16H16Cl2FN. The first-order valence-electron chi connectivity index (χ1n) is 6.40. The van der Waals surface area contributed by atoms with Crippen LogP contribution in [0.3, 0.4) is 0 Å². The normalized spacial score (nSPS) is 12.4. The summed E-state index contributed by atoms with van der Waals surface area (Å²) in [7, 11) is 0. The van der Waals surface area contributed by atoms with Gasteiger partial charge in [0.05, 0.1) is 10.0 Å². The molecule has 2 aromatic rings. The number of rotatable bonds is 4. The fourth-order valence-electron chi connectivity index (χ4n) is 1.99. The lowest BCUT2D eigenvalue weighted by Gasteiger charge is -2.16. The third-order valence-electron chi connectivity index (χ3n) is 3.35. The van der Waals surface area contributed by atoms with Gasteiger partial charge in [-0.15, -0.1) is 0 Å². The van der Waals surface area contributed by atoms with Crippen molar-refractivity contribution >= 4 is 23.2 Å². The second-order valence-electron chi connectivity index (χ2n) is 4.85. The molecule has 0 fully saturated rings.